The van der Waals surface area contributed by atoms with E-state index in [0.29, 0.717) is 24.5 Å². The number of nitrogens with two attached hydrogens (primary N) is 2. The zero-order valence-corrected chi connectivity index (χ0v) is 18.7. The topological polar surface area (TPSA) is 136 Å². The van der Waals surface area contributed by atoms with Crippen molar-refractivity contribution >= 4 is 33.2 Å². The zero-order chi connectivity index (χ0) is 23.0. The van der Waals surface area contributed by atoms with Crippen LogP contribution in [0.5, 0.6) is 0 Å². The summed E-state index contributed by atoms with van der Waals surface area (Å²) in [5.41, 5.74) is 11.8. The van der Waals surface area contributed by atoms with Gasteiger partial charge in [0.05, 0.1) is 21.7 Å². The number of anilines is 2. The minimum absolute atomic E-state index is 0.0445. The molecule has 0 unspecified atom stereocenters. The highest BCUT2D eigenvalue weighted by Gasteiger charge is 2.26. The zero-order valence-electron chi connectivity index (χ0n) is 17.9. The van der Waals surface area contributed by atoms with Gasteiger partial charge in [-0.05, 0) is 37.1 Å². The van der Waals surface area contributed by atoms with Crippen LogP contribution in [0.2, 0.25) is 0 Å². The maximum Gasteiger partial charge on any atom is 0.261 e. The molecule has 2 rings (SSSR count). The Bertz CT molecular complexity index is 980. The molecular weight excluding hydrogens is 416 g/mol. The molecule has 5 N–H and O–H groups in total. The van der Waals surface area contributed by atoms with Crippen molar-refractivity contribution in [1.29, 1.82) is 0 Å². The van der Waals surface area contributed by atoms with Gasteiger partial charge in [-0.15, -0.1) is 0 Å². The summed E-state index contributed by atoms with van der Waals surface area (Å²) in [5.74, 6) is -1.65. The molecule has 0 saturated carbocycles. The molecule has 8 nitrogen and oxygen atoms in total. The Morgan fingerprint density at radius 1 is 0.903 bits per heavy atom. The first-order valence-electron chi connectivity index (χ1n) is 10.3. The third-order valence-electron chi connectivity index (χ3n) is 4.83. The summed E-state index contributed by atoms with van der Waals surface area (Å²) >= 11 is 0. The molecule has 2 aromatic rings. The molecule has 0 aromatic heterocycles. The number of benzene rings is 2. The van der Waals surface area contributed by atoms with Crippen LogP contribution in [-0.4, -0.2) is 33.3 Å². The van der Waals surface area contributed by atoms with Crippen molar-refractivity contribution in [1.82, 2.24) is 0 Å². The molecule has 0 aliphatic carbocycles. The van der Waals surface area contributed by atoms with E-state index in [2.05, 4.69) is 4.72 Å². The number of nitrogens with one attached hydrogen (secondary N) is 1. The standard InChI is InChI=1S/C22H30N4O4S/c1-3-5-12-26(13-6-4-2)20-18(21(23)27)14-17(15-19(20)22(24)28)31(29,30)25-16-10-8-7-9-11-16/h7-11,14-15,25H,3-6,12-13H2,1-2H3,(H2,23,27)(H2,24,28). The Morgan fingerprint density at radius 2 is 1.39 bits per heavy atom. The molecule has 0 fully saturated rings. The van der Waals surface area contributed by atoms with E-state index < -0.39 is 21.8 Å². The second kappa shape index (κ2) is 10.8. The van der Waals surface area contributed by atoms with E-state index >= 15 is 0 Å². The minimum Gasteiger partial charge on any atom is -0.370 e. The van der Waals surface area contributed by atoms with Gasteiger partial charge in [-0.2, -0.15) is 0 Å². The molecule has 0 heterocycles. The van der Waals surface area contributed by atoms with Crippen molar-refractivity contribution in [3.8, 4) is 0 Å². The minimum atomic E-state index is -4.09. The molecule has 0 saturated heterocycles. The Hall–Kier alpha value is -3.07. The third-order valence-corrected chi connectivity index (χ3v) is 6.19. The maximum atomic E-state index is 12.9. The molecule has 168 valence electrons. The Labute approximate surface area is 183 Å². The van der Waals surface area contributed by atoms with E-state index in [1.54, 1.807) is 30.3 Å². The predicted molar refractivity (Wildman–Crippen MR) is 123 cm³/mol. The van der Waals surface area contributed by atoms with Crippen molar-refractivity contribution in [2.24, 2.45) is 11.5 Å². The summed E-state index contributed by atoms with van der Waals surface area (Å²) in [6.07, 6.45) is 3.48. The molecule has 0 spiro atoms. The fourth-order valence-electron chi connectivity index (χ4n) is 3.23. The number of hydrogen-bond donors (Lipinski definition) is 3. The van der Waals surface area contributed by atoms with Gasteiger partial charge in [0.15, 0.2) is 0 Å². The van der Waals surface area contributed by atoms with Crippen LogP contribution in [0.25, 0.3) is 0 Å². The van der Waals surface area contributed by atoms with Gasteiger partial charge in [0.25, 0.3) is 21.8 Å². The summed E-state index contributed by atoms with van der Waals surface area (Å²) in [7, 11) is -4.09. The highest BCUT2D eigenvalue weighted by molar-refractivity contribution is 7.92. The predicted octanol–water partition coefficient (Wildman–Crippen LogP) is 3.09. The van der Waals surface area contributed by atoms with E-state index in [4.69, 9.17) is 11.5 Å². The van der Waals surface area contributed by atoms with Crippen molar-refractivity contribution in [3.05, 3.63) is 53.6 Å². The molecule has 0 aliphatic rings. The first-order chi connectivity index (χ1) is 14.7. The van der Waals surface area contributed by atoms with Gasteiger partial charge in [0.2, 0.25) is 0 Å². The number of para-hydroxylation sites is 1. The molecule has 31 heavy (non-hydrogen) atoms. The van der Waals surface area contributed by atoms with Gasteiger partial charge in [-0.3, -0.25) is 14.3 Å². The molecule has 0 bridgehead atoms. The number of unbranched alkanes of at least 4 members (excludes halogenated alkanes) is 2. The van der Waals surface area contributed by atoms with Crippen LogP contribution < -0.4 is 21.1 Å². The number of primary amides is 2. The molecule has 2 amide bonds. The number of sulfonamides is 1. The largest absolute Gasteiger partial charge is 0.370 e. The summed E-state index contributed by atoms with van der Waals surface area (Å²) < 4.78 is 28.3. The maximum absolute atomic E-state index is 12.9. The van der Waals surface area contributed by atoms with Gasteiger partial charge < -0.3 is 16.4 Å². The Morgan fingerprint density at radius 3 is 1.81 bits per heavy atom. The van der Waals surface area contributed by atoms with E-state index in [9.17, 15) is 18.0 Å². The summed E-state index contributed by atoms with van der Waals surface area (Å²) in [4.78, 5) is 26.3. The van der Waals surface area contributed by atoms with Crippen LogP contribution in [0.3, 0.4) is 0 Å². The molecular formula is C22H30N4O4S. The second-order valence-corrected chi connectivity index (χ2v) is 8.94. The van der Waals surface area contributed by atoms with E-state index in [-0.39, 0.29) is 16.0 Å². The van der Waals surface area contributed by atoms with Crippen molar-refractivity contribution < 1.29 is 18.0 Å². The van der Waals surface area contributed by atoms with Crippen LogP contribution >= 0.6 is 0 Å². The smallest absolute Gasteiger partial charge is 0.261 e. The van der Waals surface area contributed by atoms with Crippen LogP contribution in [0, 0.1) is 0 Å². The Kier molecular flexibility index (Phi) is 8.44. The van der Waals surface area contributed by atoms with Crippen LogP contribution in [-0.2, 0) is 10.0 Å². The molecule has 0 atom stereocenters. The second-order valence-electron chi connectivity index (χ2n) is 7.26. The lowest BCUT2D eigenvalue weighted by atomic mass is 10.0. The van der Waals surface area contributed by atoms with Gasteiger partial charge in [-0.25, -0.2) is 8.42 Å². The highest BCUT2D eigenvalue weighted by Crippen LogP contribution is 2.31. The average Bonchev–Trinajstić information content (AvgIpc) is 2.73. The molecule has 0 radical (unpaired) electrons. The van der Waals surface area contributed by atoms with Gasteiger partial charge in [0, 0.05) is 18.8 Å². The molecule has 9 heteroatoms. The van der Waals surface area contributed by atoms with E-state index in [1.807, 2.05) is 18.7 Å². The van der Waals surface area contributed by atoms with E-state index in [1.165, 1.54) is 12.1 Å². The summed E-state index contributed by atoms with van der Waals surface area (Å²) in [6.45, 7) is 5.25. The summed E-state index contributed by atoms with van der Waals surface area (Å²) in [5, 5.41) is 0. The van der Waals surface area contributed by atoms with Gasteiger partial charge in [-0.1, -0.05) is 44.9 Å². The monoisotopic (exact) mass is 446 g/mol. The number of carbonyl (C=O) groups is 2. The highest BCUT2D eigenvalue weighted by atomic mass is 32.2. The fourth-order valence-corrected chi connectivity index (χ4v) is 4.34. The number of carbonyl (C=O) groups excluding carboxylic acids is 2. The first-order valence-corrected chi connectivity index (χ1v) is 11.8. The van der Waals surface area contributed by atoms with Crippen LogP contribution in [0.4, 0.5) is 11.4 Å². The third kappa shape index (κ3) is 6.21. The number of hydrogen-bond acceptors (Lipinski definition) is 5. The number of rotatable bonds is 12. The number of amides is 2. The van der Waals surface area contributed by atoms with Crippen molar-refractivity contribution in [3.63, 3.8) is 0 Å². The number of nitrogens with zero attached hydrogens (tertiary/aromatic N) is 1. The SMILES string of the molecule is CCCCN(CCCC)c1c(C(N)=O)cc(S(=O)(=O)Nc2ccccc2)cc1C(N)=O. The lowest BCUT2D eigenvalue weighted by molar-refractivity contribution is 0.0999. The van der Waals surface area contributed by atoms with Gasteiger partial charge >= 0.3 is 0 Å². The van der Waals surface area contributed by atoms with Crippen LogP contribution in [0.1, 0.15) is 60.2 Å². The van der Waals surface area contributed by atoms with Crippen LogP contribution in [0.15, 0.2) is 47.4 Å². The van der Waals surface area contributed by atoms with Gasteiger partial charge in [0.1, 0.15) is 0 Å². The van der Waals surface area contributed by atoms with Crippen molar-refractivity contribution in [2.45, 2.75) is 44.4 Å². The lowest BCUT2D eigenvalue weighted by Gasteiger charge is -2.28. The Balaban J connectivity index is 2.64. The fraction of sp³-hybridized carbons (Fsp3) is 0.364. The first kappa shape index (κ1) is 24.2. The quantitative estimate of drug-likeness (QED) is 0.460. The van der Waals surface area contributed by atoms with Crippen molar-refractivity contribution in [2.75, 3.05) is 22.7 Å². The molecule has 0 aliphatic heterocycles. The lowest BCUT2D eigenvalue weighted by Crippen LogP contribution is -2.32. The molecule has 2 aromatic carbocycles. The normalized spacial score (nSPS) is 11.2. The van der Waals surface area contributed by atoms with E-state index in [0.717, 1.165) is 25.7 Å². The summed E-state index contributed by atoms with van der Waals surface area (Å²) in [6, 6.07) is 10.7. The average molecular weight is 447 g/mol.